The van der Waals surface area contributed by atoms with Crippen molar-refractivity contribution in [2.24, 2.45) is 0 Å². The maximum atomic E-state index is 11.4. The van der Waals surface area contributed by atoms with Crippen LogP contribution in [0.1, 0.15) is 13.8 Å². The summed E-state index contributed by atoms with van der Waals surface area (Å²) in [6, 6.07) is -0.174. The largest absolute Gasteiger partial charge is 0.344 e. The maximum absolute atomic E-state index is 11.4. The van der Waals surface area contributed by atoms with E-state index in [1.165, 1.54) is 6.92 Å². The quantitative estimate of drug-likeness (QED) is 0.534. The minimum atomic E-state index is -0.174. The van der Waals surface area contributed by atoms with Crippen molar-refractivity contribution in [2.75, 3.05) is 20.1 Å². The van der Waals surface area contributed by atoms with E-state index in [1.54, 1.807) is 16.8 Å². The Morgan fingerprint density at radius 1 is 1.58 bits per heavy atom. The van der Waals surface area contributed by atoms with Crippen LogP contribution in [0.15, 0.2) is 0 Å². The van der Waals surface area contributed by atoms with Crippen molar-refractivity contribution >= 4 is 11.8 Å². The maximum Gasteiger partial charge on any atom is 0.246 e. The Morgan fingerprint density at radius 2 is 2.17 bits per heavy atom. The zero-order valence-electron chi connectivity index (χ0n) is 7.70. The Bertz CT molecular complexity index is 215. The second-order valence-corrected chi connectivity index (χ2v) is 3.04. The summed E-state index contributed by atoms with van der Waals surface area (Å²) >= 11 is 0. The number of rotatable bonds is 2. The molecule has 1 heterocycles. The molecule has 0 aromatic carbocycles. The summed E-state index contributed by atoms with van der Waals surface area (Å²) in [7, 11) is 1.75. The lowest BCUT2D eigenvalue weighted by atomic mass is 10.4. The monoisotopic (exact) mass is 170 g/mol. The lowest BCUT2D eigenvalue weighted by Gasteiger charge is -2.13. The van der Waals surface area contributed by atoms with E-state index in [4.69, 9.17) is 0 Å². The summed E-state index contributed by atoms with van der Waals surface area (Å²) in [6.45, 7) is 4.69. The van der Waals surface area contributed by atoms with Gasteiger partial charge in [0.1, 0.15) is 6.04 Å². The molecule has 0 radical (unpaired) electrons. The van der Waals surface area contributed by atoms with Crippen molar-refractivity contribution in [1.29, 1.82) is 0 Å². The van der Waals surface area contributed by atoms with Crippen LogP contribution in [0.2, 0.25) is 0 Å². The normalized spacial score (nSPS) is 20.6. The third-order valence-electron chi connectivity index (χ3n) is 2.15. The summed E-state index contributed by atoms with van der Waals surface area (Å²) in [5.41, 5.74) is 0. The van der Waals surface area contributed by atoms with Gasteiger partial charge in [-0.3, -0.25) is 9.59 Å². The molecule has 0 saturated carbocycles. The predicted octanol–water partition coefficient (Wildman–Crippen LogP) is -0.305. The molecule has 1 saturated heterocycles. The highest BCUT2D eigenvalue weighted by molar-refractivity contribution is 5.91. The molecule has 1 rings (SSSR count). The second kappa shape index (κ2) is 3.13. The first-order valence-electron chi connectivity index (χ1n) is 4.10. The molecule has 4 nitrogen and oxygen atoms in total. The molecule has 0 bridgehead atoms. The van der Waals surface area contributed by atoms with E-state index in [-0.39, 0.29) is 17.9 Å². The van der Waals surface area contributed by atoms with Gasteiger partial charge in [-0.1, -0.05) is 0 Å². The van der Waals surface area contributed by atoms with Gasteiger partial charge < -0.3 is 9.80 Å². The molecule has 1 atom stereocenters. The van der Waals surface area contributed by atoms with Crippen LogP contribution in [0.25, 0.3) is 0 Å². The molecule has 12 heavy (non-hydrogen) atoms. The van der Waals surface area contributed by atoms with E-state index in [9.17, 15) is 9.59 Å². The Labute approximate surface area is 72.1 Å². The Kier molecular flexibility index (Phi) is 2.35. The van der Waals surface area contributed by atoms with Crippen LogP contribution < -0.4 is 0 Å². The minimum Gasteiger partial charge on any atom is -0.344 e. The van der Waals surface area contributed by atoms with Crippen LogP contribution in [-0.2, 0) is 9.59 Å². The molecule has 0 aromatic rings. The van der Waals surface area contributed by atoms with E-state index in [0.29, 0.717) is 13.1 Å². The van der Waals surface area contributed by atoms with Gasteiger partial charge in [-0.2, -0.15) is 0 Å². The number of nitrogens with zero attached hydrogens (tertiary/aromatic N) is 2. The lowest BCUT2D eigenvalue weighted by molar-refractivity contribution is -0.133. The van der Waals surface area contributed by atoms with E-state index in [0.717, 1.165) is 0 Å². The summed E-state index contributed by atoms with van der Waals surface area (Å²) < 4.78 is 0. The number of carbonyl (C=O) groups excluding carboxylic acids is 2. The Morgan fingerprint density at radius 3 is 2.50 bits per heavy atom. The number of carbonyl (C=O) groups is 2. The van der Waals surface area contributed by atoms with Crippen LogP contribution in [0.3, 0.4) is 0 Å². The van der Waals surface area contributed by atoms with Crippen molar-refractivity contribution < 1.29 is 9.59 Å². The Balaban J connectivity index is 2.43. The molecule has 1 aliphatic rings. The first-order chi connectivity index (χ1) is 5.57. The topological polar surface area (TPSA) is 40.4 Å². The van der Waals surface area contributed by atoms with Gasteiger partial charge in [0.2, 0.25) is 11.8 Å². The smallest absolute Gasteiger partial charge is 0.246 e. The van der Waals surface area contributed by atoms with Crippen LogP contribution in [0, 0.1) is 0 Å². The Hall–Kier alpha value is -1.06. The van der Waals surface area contributed by atoms with E-state index < -0.39 is 0 Å². The number of hydrogen-bond donors (Lipinski definition) is 0. The third kappa shape index (κ3) is 1.57. The van der Waals surface area contributed by atoms with Gasteiger partial charge in [0.25, 0.3) is 0 Å². The second-order valence-electron chi connectivity index (χ2n) is 3.04. The standard InChI is InChI=1S/C8H14N2O2/c1-4-9(3)8(12)7-5-10(7)6(2)11/h7H,4-5H2,1-3H3. The van der Waals surface area contributed by atoms with Crippen molar-refractivity contribution in [3.8, 4) is 0 Å². The van der Waals surface area contributed by atoms with Crippen LogP contribution in [0.4, 0.5) is 0 Å². The van der Waals surface area contributed by atoms with Gasteiger partial charge in [0, 0.05) is 20.5 Å². The molecule has 0 N–H and O–H groups in total. The van der Waals surface area contributed by atoms with Gasteiger partial charge in [0.05, 0.1) is 6.54 Å². The van der Waals surface area contributed by atoms with Crippen LogP contribution in [0.5, 0.6) is 0 Å². The average molecular weight is 170 g/mol. The van der Waals surface area contributed by atoms with Gasteiger partial charge in [-0.25, -0.2) is 0 Å². The highest BCUT2D eigenvalue weighted by atomic mass is 16.2. The van der Waals surface area contributed by atoms with Crippen molar-refractivity contribution in [3.05, 3.63) is 0 Å². The molecular formula is C8H14N2O2. The predicted molar refractivity (Wildman–Crippen MR) is 44.5 cm³/mol. The third-order valence-corrected chi connectivity index (χ3v) is 2.15. The number of likely N-dealkylation sites (N-methyl/N-ethyl adjacent to an activating group) is 1. The molecule has 4 heteroatoms. The fraction of sp³-hybridized carbons (Fsp3) is 0.750. The van der Waals surface area contributed by atoms with E-state index >= 15 is 0 Å². The summed E-state index contributed by atoms with van der Waals surface area (Å²) in [5.74, 6) is 0.0329. The SMILES string of the molecule is CCN(C)C(=O)C1CN1C(C)=O. The van der Waals surface area contributed by atoms with Crippen molar-refractivity contribution in [2.45, 2.75) is 19.9 Å². The van der Waals surface area contributed by atoms with Gasteiger partial charge in [-0.15, -0.1) is 0 Å². The lowest BCUT2D eigenvalue weighted by Crippen LogP contribution is -2.32. The first kappa shape index (κ1) is 9.03. The molecule has 1 unspecified atom stereocenters. The molecule has 1 fully saturated rings. The minimum absolute atomic E-state index is 0.0159. The molecule has 68 valence electrons. The van der Waals surface area contributed by atoms with Crippen molar-refractivity contribution in [1.82, 2.24) is 9.80 Å². The van der Waals surface area contributed by atoms with Crippen LogP contribution >= 0.6 is 0 Å². The van der Waals surface area contributed by atoms with Gasteiger partial charge in [0.15, 0.2) is 0 Å². The number of hydrogen-bond acceptors (Lipinski definition) is 2. The van der Waals surface area contributed by atoms with E-state index in [1.807, 2.05) is 6.92 Å². The summed E-state index contributed by atoms with van der Waals surface area (Å²) in [4.78, 5) is 25.4. The zero-order chi connectivity index (χ0) is 9.30. The fourth-order valence-corrected chi connectivity index (χ4v) is 1.11. The average Bonchev–Trinajstić information content (AvgIpc) is 2.80. The van der Waals surface area contributed by atoms with Crippen molar-refractivity contribution in [3.63, 3.8) is 0 Å². The van der Waals surface area contributed by atoms with Gasteiger partial charge in [-0.05, 0) is 6.92 Å². The highest BCUT2D eigenvalue weighted by Gasteiger charge is 2.43. The summed E-state index contributed by atoms with van der Waals surface area (Å²) in [6.07, 6.45) is 0. The fourth-order valence-electron chi connectivity index (χ4n) is 1.11. The molecular weight excluding hydrogens is 156 g/mol. The van der Waals surface area contributed by atoms with Gasteiger partial charge >= 0.3 is 0 Å². The molecule has 0 spiro atoms. The molecule has 1 aliphatic heterocycles. The van der Waals surface area contributed by atoms with Crippen LogP contribution in [-0.4, -0.2) is 47.8 Å². The molecule has 2 amide bonds. The highest BCUT2D eigenvalue weighted by Crippen LogP contribution is 2.18. The molecule has 0 aromatic heterocycles. The first-order valence-corrected chi connectivity index (χ1v) is 4.10. The number of amides is 2. The summed E-state index contributed by atoms with van der Waals surface area (Å²) in [5, 5.41) is 0. The molecule has 0 aliphatic carbocycles. The zero-order valence-corrected chi connectivity index (χ0v) is 7.70. The van der Waals surface area contributed by atoms with E-state index in [2.05, 4.69) is 0 Å².